The first-order valence-electron chi connectivity index (χ1n) is 11.3. The second-order valence-corrected chi connectivity index (χ2v) is 12.3. The Morgan fingerprint density at radius 3 is 2.34 bits per heavy atom. The molecule has 2 aliphatic rings. The third kappa shape index (κ3) is 3.93. The van der Waals surface area contributed by atoms with Gasteiger partial charge in [0.05, 0.1) is 9.79 Å². The Labute approximate surface area is 195 Å². The third-order valence-corrected chi connectivity index (χ3v) is 8.72. The van der Waals surface area contributed by atoms with E-state index in [1.54, 1.807) is 12.1 Å². The number of piperazine rings is 1. The fourth-order valence-electron chi connectivity index (χ4n) is 4.67. The van der Waals surface area contributed by atoms with Crippen LogP contribution in [-0.2, 0) is 9.84 Å². The number of nitrogens with zero attached hydrogens (tertiary/aromatic N) is 3. The third-order valence-electron chi connectivity index (χ3n) is 6.71. The molecular weight excluding hydrogens is 442 g/mol. The van der Waals surface area contributed by atoms with Crippen molar-refractivity contribution in [2.75, 3.05) is 31.1 Å². The lowest BCUT2D eigenvalue weighted by atomic mass is 10.0. The number of hydrogen-bond acceptors (Lipinski definition) is 4. The Bertz CT molecular complexity index is 1260. The molecule has 7 heteroatoms. The van der Waals surface area contributed by atoms with Crippen LogP contribution in [0.15, 0.2) is 58.5 Å². The zero-order valence-corrected chi connectivity index (χ0v) is 20.5. The molecule has 1 aromatic heterocycles. The van der Waals surface area contributed by atoms with Crippen molar-refractivity contribution in [3.05, 3.63) is 53.7 Å². The number of hydrogen-bond donors (Lipinski definition) is 0. The van der Waals surface area contributed by atoms with Gasteiger partial charge in [-0.2, -0.15) is 0 Å². The van der Waals surface area contributed by atoms with E-state index in [2.05, 4.69) is 35.1 Å². The summed E-state index contributed by atoms with van der Waals surface area (Å²) >= 11 is 6.25. The SMILES string of the molecule is CC(C)(C)N1CCN(c2cccc(S(=O)(=O)c3cn(C4CC4)c4ccc(Cl)cc34)c2)CC1. The number of aromatic nitrogens is 1. The van der Waals surface area contributed by atoms with Gasteiger partial charge in [-0.25, -0.2) is 8.42 Å². The average Bonchev–Trinajstić information content (AvgIpc) is 3.53. The Hall–Kier alpha value is -2.02. The molecule has 1 saturated carbocycles. The summed E-state index contributed by atoms with van der Waals surface area (Å²) < 4.78 is 29.6. The molecule has 0 amide bonds. The van der Waals surface area contributed by atoms with Crippen LogP contribution in [0.1, 0.15) is 39.7 Å². The molecule has 32 heavy (non-hydrogen) atoms. The van der Waals surface area contributed by atoms with Crippen LogP contribution in [0.25, 0.3) is 10.9 Å². The first kappa shape index (κ1) is 21.8. The van der Waals surface area contributed by atoms with Gasteiger partial charge in [0.15, 0.2) is 0 Å². The number of halogens is 1. The van der Waals surface area contributed by atoms with Gasteiger partial charge in [0.2, 0.25) is 9.84 Å². The zero-order chi connectivity index (χ0) is 22.7. The van der Waals surface area contributed by atoms with Crippen molar-refractivity contribution in [2.24, 2.45) is 0 Å². The van der Waals surface area contributed by atoms with Gasteiger partial charge >= 0.3 is 0 Å². The summed E-state index contributed by atoms with van der Waals surface area (Å²) in [6, 6.07) is 13.3. The maximum Gasteiger partial charge on any atom is 0.208 e. The van der Waals surface area contributed by atoms with Crippen molar-refractivity contribution in [3.63, 3.8) is 0 Å². The van der Waals surface area contributed by atoms with Crippen LogP contribution in [-0.4, -0.2) is 49.6 Å². The summed E-state index contributed by atoms with van der Waals surface area (Å²) in [4.78, 5) is 5.44. The number of benzene rings is 2. The maximum absolute atomic E-state index is 13.8. The van der Waals surface area contributed by atoms with E-state index in [9.17, 15) is 8.42 Å². The molecule has 0 atom stereocenters. The van der Waals surface area contributed by atoms with Crippen LogP contribution in [0.2, 0.25) is 5.02 Å². The van der Waals surface area contributed by atoms with Crippen molar-refractivity contribution in [2.45, 2.75) is 55.0 Å². The van der Waals surface area contributed by atoms with Crippen LogP contribution in [0.5, 0.6) is 0 Å². The van der Waals surface area contributed by atoms with Gasteiger partial charge in [0.25, 0.3) is 0 Å². The van der Waals surface area contributed by atoms with Crippen molar-refractivity contribution >= 4 is 38.0 Å². The summed E-state index contributed by atoms with van der Waals surface area (Å²) in [5.41, 5.74) is 2.04. The molecule has 1 aliphatic heterocycles. The molecule has 170 valence electrons. The molecule has 2 heterocycles. The van der Waals surface area contributed by atoms with Gasteiger partial charge in [-0.05, 0) is 70.0 Å². The van der Waals surface area contributed by atoms with E-state index in [1.165, 1.54) is 0 Å². The summed E-state index contributed by atoms with van der Waals surface area (Å²) in [6.45, 7) is 10.4. The highest BCUT2D eigenvalue weighted by Gasteiger charge is 2.31. The largest absolute Gasteiger partial charge is 0.369 e. The van der Waals surface area contributed by atoms with E-state index in [-0.39, 0.29) is 5.54 Å². The molecule has 0 unspecified atom stereocenters. The molecule has 1 saturated heterocycles. The fraction of sp³-hybridized carbons (Fsp3) is 0.440. The summed E-state index contributed by atoms with van der Waals surface area (Å²) in [5, 5.41) is 1.25. The van der Waals surface area contributed by atoms with Crippen LogP contribution < -0.4 is 4.90 Å². The molecule has 0 bridgehead atoms. The van der Waals surface area contributed by atoms with E-state index in [0.717, 1.165) is 50.2 Å². The highest BCUT2D eigenvalue weighted by molar-refractivity contribution is 7.91. The minimum atomic E-state index is -3.68. The van der Waals surface area contributed by atoms with E-state index in [4.69, 9.17) is 11.6 Å². The lowest BCUT2D eigenvalue weighted by Gasteiger charge is -2.43. The normalized spacial score (nSPS) is 18.4. The van der Waals surface area contributed by atoms with E-state index in [1.807, 2.05) is 36.5 Å². The number of sulfone groups is 1. The summed E-state index contributed by atoms with van der Waals surface area (Å²) in [5.74, 6) is 0. The van der Waals surface area contributed by atoms with Crippen molar-refractivity contribution in [1.29, 1.82) is 0 Å². The van der Waals surface area contributed by atoms with Crippen LogP contribution >= 0.6 is 11.6 Å². The highest BCUT2D eigenvalue weighted by Crippen LogP contribution is 2.41. The van der Waals surface area contributed by atoms with Crippen molar-refractivity contribution < 1.29 is 8.42 Å². The minimum Gasteiger partial charge on any atom is -0.369 e. The van der Waals surface area contributed by atoms with Crippen molar-refractivity contribution in [3.8, 4) is 0 Å². The van der Waals surface area contributed by atoms with E-state index >= 15 is 0 Å². The van der Waals surface area contributed by atoms with Gasteiger partial charge < -0.3 is 9.47 Å². The van der Waals surface area contributed by atoms with Crippen LogP contribution in [0.3, 0.4) is 0 Å². The molecule has 2 fully saturated rings. The lowest BCUT2D eigenvalue weighted by molar-refractivity contribution is 0.128. The van der Waals surface area contributed by atoms with Gasteiger partial charge in [-0.1, -0.05) is 17.7 Å². The molecule has 3 aromatic rings. The predicted molar refractivity (Wildman–Crippen MR) is 131 cm³/mol. The Balaban J connectivity index is 1.49. The van der Waals surface area contributed by atoms with Crippen LogP contribution in [0.4, 0.5) is 5.69 Å². The molecule has 2 aromatic carbocycles. The molecule has 0 radical (unpaired) electrons. The average molecular weight is 472 g/mol. The first-order valence-corrected chi connectivity index (χ1v) is 13.2. The lowest BCUT2D eigenvalue weighted by Crippen LogP contribution is -2.53. The maximum atomic E-state index is 13.8. The Morgan fingerprint density at radius 1 is 0.969 bits per heavy atom. The fourth-order valence-corrected chi connectivity index (χ4v) is 6.34. The van der Waals surface area contributed by atoms with Crippen LogP contribution in [0, 0.1) is 0 Å². The molecule has 0 N–H and O–H groups in total. The van der Waals surface area contributed by atoms with Gasteiger partial charge in [-0.3, -0.25) is 4.90 Å². The van der Waals surface area contributed by atoms with Gasteiger partial charge in [0, 0.05) is 65.6 Å². The van der Waals surface area contributed by atoms with E-state index < -0.39 is 9.84 Å². The van der Waals surface area contributed by atoms with Gasteiger partial charge in [-0.15, -0.1) is 0 Å². The second kappa shape index (κ2) is 7.79. The molecular formula is C25H30ClN3O2S. The van der Waals surface area contributed by atoms with E-state index in [0.29, 0.717) is 26.2 Å². The second-order valence-electron chi connectivity index (χ2n) is 9.94. The molecule has 0 spiro atoms. The standard InChI is InChI=1S/C25H30ClN3O2S/c1-25(2,3)28-13-11-27(12-14-28)20-5-4-6-21(16-20)32(30,31)24-17-29(19-8-9-19)23-10-7-18(26)15-22(23)24/h4-7,10,15-17,19H,8-9,11-14H2,1-3H3. The number of fused-ring (bicyclic) bond motifs is 1. The number of anilines is 1. The number of rotatable bonds is 4. The Kier molecular flexibility index (Phi) is 5.31. The predicted octanol–water partition coefficient (Wildman–Crippen LogP) is 5.38. The van der Waals surface area contributed by atoms with Gasteiger partial charge in [0.1, 0.15) is 0 Å². The highest BCUT2D eigenvalue weighted by atomic mass is 35.5. The van der Waals surface area contributed by atoms with Crippen molar-refractivity contribution in [1.82, 2.24) is 9.47 Å². The summed E-state index contributed by atoms with van der Waals surface area (Å²) in [7, 11) is -3.68. The monoisotopic (exact) mass is 471 g/mol. The molecule has 5 rings (SSSR count). The Morgan fingerprint density at radius 2 is 1.69 bits per heavy atom. The topological polar surface area (TPSA) is 45.6 Å². The quantitative estimate of drug-likeness (QED) is 0.512. The first-order chi connectivity index (χ1) is 15.1. The zero-order valence-electron chi connectivity index (χ0n) is 18.9. The summed E-state index contributed by atoms with van der Waals surface area (Å²) in [6.07, 6.45) is 3.98. The molecule has 5 nitrogen and oxygen atoms in total. The molecule has 1 aliphatic carbocycles. The smallest absolute Gasteiger partial charge is 0.208 e. The minimum absolute atomic E-state index is 0.147.